The molecule has 0 radical (unpaired) electrons. The van der Waals surface area contributed by atoms with E-state index in [-0.39, 0.29) is 0 Å². The Morgan fingerprint density at radius 1 is 0.667 bits per heavy atom. The van der Waals surface area contributed by atoms with Crippen molar-refractivity contribution in [2.75, 3.05) is 0 Å². The fourth-order valence-corrected chi connectivity index (χ4v) is 4.61. The Labute approximate surface area is 107 Å². The molecule has 2 aromatic rings. The molecule has 3 unspecified atom stereocenters. The molecular weight excluding hydrogens is 218 g/mol. The van der Waals surface area contributed by atoms with E-state index in [0.717, 1.165) is 0 Å². The molecule has 18 heavy (non-hydrogen) atoms. The molecule has 88 valence electrons. The number of hydrogen-bond acceptors (Lipinski definition) is 1. The van der Waals surface area contributed by atoms with E-state index in [2.05, 4.69) is 48.5 Å². The highest BCUT2D eigenvalue weighted by atomic mass is 14.8. The van der Waals surface area contributed by atoms with Crippen LogP contribution in [0.5, 0.6) is 0 Å². The van der Waals surface area contributed by atoms with Gasteiger partial charge in [-0.2, -0.15) is 0 Å². The minimum atomic E-state index is 0.324. The number of benzene rings is 2. The Hall–Kier alpha value is -1.60. The summed E-state index contributed by atoms with van der Waals surface area (Å²) in [6, 6.07) is 18.2. The lowest BCUT2D eigenvalue weighted by Gasteiger charge is -2.34. The lowest BCUT2D eigenvalue weighted by Crippen LogP contribution is -2.37. The molecule has 0 spiro atoms. The smallest absolute Gasteiger partial charge is 0.0250 e. The molecule has 0 heterocycles. The maximum atomic E-state index is 6.53. The summed E-state index contributed by atoms with van der Waals surface area (Å²) in [5.74, 6) is 2.50. The first-order valence-electron chi connectivity index (χ1n) is 6.81. The van der Waals surface area contributed by atoms with E-state index in [1.54, 1.807) is 11.1 Å². The van der Waals surface area contributed by atoms with Crippen molar-refractivity contribution in [3.05, 3.63) is 70.8 Å². The van der Waals surface area contributed by atoms with Gasteiger partial charge in [-0.25, -0.2) is 0 Å². The molecule has 2 bridgehead atoms. The molecule has 1 saturated carbocycles. The van der Waals surface area contributed by atoms with Crippen LogP contribution in [-0.4, -0.2) is 6.04 Å². The van der Waals surface area contributed by atoms with Crippen LogP contribution in [0.1, 0.15) is 40.0 Å². The van der Waals surface area contributed by atoms with Gasteiger partial charge in [0.2, 0.25) is 0 Å². The second kappa shape index (κ2) is 2.86. The fraction of sp³-hybridized carbons (Fsp3) is 0.294. The van der Waals surface area contributed by atoms with Gasteiger partial charge in [-0.1, -0.05) is 48.5 Å². The Balaban J connectivity index is 1.88. The van der Waals surface area contributed by atoms with Gasteiger partial charge < -0.3 is 5.73 Å². The summed E-state index contributed by atoms with van der Waals surface area (Å²) in [7, 11) is 0. The van der Waals surface area contributed by atoms with Crippen molar-refractivity contribution in [2.24, 2.45) is 11.7 Å². The van der Waals surface area contributed by atoms with Crippen molar-refractivity contribution in [2.45, 2.75) is 23.8 Å². The highest BCUT2D eigenvalue weighted by Gasteiger charge is 2.63. The van der Waals surface area contributed by atoms with Gasteiger partial charge in [0.05, 0.1) is 0 Å². The van der Waals surface area contributed by atoms with Crippen molar-refractivity contribution in [1.29, 1.82) is 0 Å². The number of rotatable bonds is 0. The second-order valence-corrected chi connectivity index (χ2v) is 5.94. The first kappa shape index (κ1) is 9.35. The van der Waals surface area contributed by atoms with E-state index < -0.39 is 0 Å². The van der Waals surface area contributed by atoms with Gasteiger partial charge in [-0.05, 0) is 40.0 Å². The van der Waals surface area contributed by atoms with E-state index in [4.69, 9.17) is 5.73 Å². The Kier molecular flexibility index (Phi) is 1.49. The largest absolute Gasteiger partial charge is 0.327 e. The molecular formula is C17H15N. The van der Waals surface area contributed by atoms with Crippen LogP contribution in [0.15, 0.2) is 48.5 Å². The Morgan fingerprint density at radius 2 is 1.11 bits per heavy atom. The summed E-state index contributed by atoms with van der Waals surface area (Å²) < 4.78 is 0. The minimum Gasteiger partial charge on any atom is -0.327 e. The van der Waals surface area contributed by atoms with Gasteiger partial charge in [0.15, 0.2) is 0 Å². The predicted molar refractivity (Wildman–Crippen MR) is 71.7 cm³/mol. The zero-order valence-electron chi connectivity index (χ0n) is 10.1. The van der Waals surface area contributed by atoms with E-state index in [0.29, 0.717) is 29.7 Å². The fourth-order valence-electron chi connectivity index (χ4n) is 4.61. The summed E-state index contributed by atoms with van der Waals surface area (Å²) in [6.45, 7) is 0. The van der Waals surface area contributed by atoms with Crippen LogP contribution < -0.4 is 5.73 Å². The number of fused-ring (bicyclic) bond motifs is 8. The van der Waals surface area contributed by atoms with Gasteiger partial charge in [-0.3, -0.25) is 0 Å². The van der Waals surface area contributed by atoms with Crippen LogP contribution in [0, 0.1) is 5.92 Å². The average molecular weight is 233 g/mol. The highest BCUT2D eigenvalue weighted by molar-refractivity contribution is 5.60. The topological polar surface area (TPSA) is 26.0 Å². The first-order valence-corrected chi connectivity index (χ1v) is 6.81. The molecule has 2 N–H and O–H groups in total. The molecule has 0 aromatic heterocycles. The first-order chi connectivity index (χ1) is 8.88. The van der Waals surface area contributed by atoms with Crippen LogP contribution in [0.4, 0.5) is 0 Å². The normalized spacial score (nSPS) is 37.7. The molecule has 0 aliphatic heterocycles. The molecule has 5 rings (SSSR count). The molecule has 0 saturated heterocycles. The zero-order chi connectivity index (χ0) is 11.9. The third kappa shape index (κ3) is 0.874. The summed E-state index contributed by atoms with van der Waals surface area (Å²) in [5.41, 5.74) is 12.6. The molecule has 1 heteroatoms. The molecule has 1 nitrogen and oxygen atoms in total. The highest BCUT2D eigenvalue weighted by Crippen LogP contribution is 2.71. The molecule has 2 aromatic carbocycles. The summed E-state index contributed by atoms with van der Waals surface area (Å²) >= 11 is 0. The Bertz CT molecular complexity index is 607. The van der Waals surface area contributed by atoms with Crippen molar-refractivity contribution in [3.8, 4) is 0 Å². The molecule has 3 aliphatic rings. The van der Waals surface area contributed by atoms with Crippen molar-refractivity contribution in [1.82, 2.24) is 0 Å². The van der Waals surface area contributed by atoms with Crippen LogP contribution in [0.2, 0.25) is 0 Å². The van der Waals surface area contributed by atoms with Gasteiger partial charge in [-0.15, -0.1) is 0 Å². The number of nitrogens with two attached hydrogens (primary N) is 1. The maximum absolute atomic E-state index is 6.53. The van der Waals surface area contributed by atoms with E-state index >= 15 is 0 Å². The van der Waals surface area contributed by atoms with Crippen molar-refractivity contribution in [3.63, 3.8) is 0 Å². The molecule has 0 amide bonds. The second-order valence-electron chi connectivity index (χ2n) is 5.94. The molecule has 3 aliphatic carbocycles. The summed E-state index contributed by atoms with van der Waals surface area (Å²) in [5, 5.41) is 0. The van der Waals surface area contributed by atoms with Gasteiger partial charge in [0.25, 0.3) is 0 Å². The summed E-state index contributed by atoms with van der Waals surface area (Å²) in [4.78, 5) is 0. The minimum absolute atomic E-state index is 0.324. The van der Waals surface area contributed by atoms with Crippen LogP contribution >= 0.6 is 0 Å². The van der Waals surface area contributed by atoms with E-state index in [9.17, 15) is 0 Å². The Morgan fingerprint density at radius 3 is 1.61 bits per heavy atom. The van der Waals surface area contributed by atoms with Gasteiger partial charge in [0, 0.05) is 12.0 Å². The maximum Gasteiger partial charge on any atom is 0.0250 e. The van der Waals surface area contributed by atoms with E-state index in [1.807, 2.05) is 0 Å². The lowest BCUT2D eigenvalue weighted by atomic mass is 9.73. The lowest BCUT2D eigenvalue weighted by molar-refractivity contribution is 0.475. The van der Waals surface area contributed by atoms with Crippen LogP contribution in [-0.2, 0) is 0 Å². The third-order valence-corrected chi connectivity index (χ3v) is 5.29. The van der Waals surface area contributed by atoms with Gasteiger partial charge in [0.1, 0.15) is 0 Å². The molecule has 3 atom stereocenters. The predicted octanol–water partition coefficient (Wildman–Crippen LogP) is 2.97. The monoisotopic (exact) mass is 233 g/mol. The standard InChI is InChI=1S/C17H15N/c18-17-13-9-5-1-3-7-11(9)14-15(16(14)17)12-8-4-2-6-10(12)13/h1-8,13-17H,18H2. The SMILES string of the molecule is NC1C2c3ccccc3C3C(c4ccccc42)C13. The zero-order valence-corrected chi connectivity index (χ0v) is 10.1. The van der Waals surface area contributed by atoms with Gasteiger partial charge >= 0.3 is 0 Å². The van der Waals surface area contributed by atoms with Crippen LogP contribution in [0.3, 0.4) is 0 Å². The quantitative estimate of drug-likeness (QED) is 0.743. The average Bonchev–Trinajstić information content (AvgIpc) is 3.16. The summed E-state index contributed by atoms with van der Waals surface area (Å²) in [6.07, 6.45) is 0. The van der Waals surface area contributed by atoms with E-state index in [1.165, 1.54) is 11.1 Å². The van der Waals surface area contributed by atoms with Crippen LogP contribution in [0.25, 0.3) is 0 Å². The van der Waals surface area contributed by atoms with Crippen molar-refractivity contribution < 1.29 is 0 Å². The van der Waals surface area contributed by atoms with Crippen molar-refractivity contribution >= 4 is 0 Å². The molecule has 1 fully saturated rings. The number of hydrogen-bond donors (Lipinski definition) is 1. The third-order valence-electron chi connectivity index (χ3n) is 5.29.